The van der Waals surface area contributed by atoms with Gasteiger partial charge in [0.1, 0.15) is 0 Å². The first kappa shape index (κ1) is 27.3. The molecule has 4 nitrogen and oxygen atoms in total. The van der Waals surface area contributed by atoms with Gasteiger partial charge in [0.05, 0.1) is 24.7 Å². The molecule has 0 aromatic carbocycles. The molecule has 1 heterocycles. The summed E-state index contributed by atoms with van der Waals surface area (Å²) in [5.41, 5.74) is 2.37. The Morgan fingerprint density at radius 3 is 2.29 bits per heavy atom. The molecule has 4 heteroatoms. The SMILES string of the molecule is CC1(C)CC[C@]2(C(=O)N3CCOCC3)CC[C@]3(C)C(=CCC4[C@@]5(C)CC[C@H](O)C(C)(C)C5CC[C@]43C)C2C1. The number of hydrogen-bond acceptors (Lipinski definition) is 3. The number of rotatable bonds is 1. The lowest BCUT2D eigenvalue weighted by Crippen LogP contribution is -2.65. The number of ether oxygens (including phenoxy) is 1. The van der Waals surface area contributed by atoms with Crippen LogP contribution >= 0.6 is 0 Å². The number of fused-ring (bicyclic) bond motifs is 7. The van der Waals surface area contributed by atoms with Crippen LogP contribution in [0.1, 0.15) is 113 Å². The molecule has 1 saturated heterocycles. The van der Waals surface area contributed by atoms with Crippen LogP contribution < -0.4 is 0 Å². The average molecular weight is 526 g/mol. The van der Waals surface area contributed by atoms with E-state index in [4.69, 9.17) is 4.74 Å². The molecule has 214 valence electrons. The molecule has 8 atom stereocenters. The van der Waals surface area contributed by atoms with Gasteiger partial charge in [-0.1, -0.05) is 60.1 Å². The number of allylic oxidation sites excluding steroid dienone is 2. The van der Waals surface area contributed by atoms with Crippen molar-refractivity contribution in [3.8, 4) is 0 Å². The van der Waals surface area contributed by atoms with Gasteiger partial charge in [0.25, 0.3) is 0 Å². The van der Waals surface area contributed by atoms with Gasteiger partial charge in [0, 0.05) is 13.1 Å². The molecule has 5 fully saturated rings. The highest BCUT2D eigenvalue weighted by molar-refractivity contribution is 5.84. The molecule has 1 amide bonds. The predicted molar refractivity (Wildman–Crippen MR) is 152 cm³/mol. The quantitative estimate of drug-likeness (QED) is 0.375. The van der Waals surface area contributed by atoms with E-state index in [0.29, 0.717) is 36.9 Å². The van der Waals surface area contributed by atoms with E-state index in [9.17, 15) is 9.90 Å². The second-order valence-corrected chi connectivity index (χ2v) is 16.7. The van der Waals surface area contributed by atoms with Crippen LogP contribution in [0.3, 0.4) is 0 Å². The fourth-order valence-corrected chi connectivity index (χ4v) is 11.7. The normalized spacial score (nSPS) is 49.6. The maximum atomic E-state index is 14.4. The van der Waals surface area contributed by atoms with Gasteiger partial charge >= 0.3 is 0 Å². The zero-order chi connectivity index (χ0) is 27.4. The van der Waals surface area contributed by atoms with Crippen molar-refractivity contribution in [3.63, 3.8) is 0 Å². The highest BCUT2D eigenvalue weighted by atomic mass is 16.5. The second kappa shape index (κ2) is 8.57. The van der Waals surface area contributed by atoms with E-state index >= 15 is 0 Å². The van der Waals surface area contributed by atoms with Gasteiger partial charge in [-0.15, -0.1) is 0 Å². The third kappa shape index (κ3) is 3.50. The molecule has 0 aromatic heterocycles. The topological polar surface area (TPSA) is 49.8 Å². The molecule has 1 N–H and O–H groups in total. The summed E-state index contributed by atoms with van der Waals surface area (Å²) in [6.45, 7) is 20.3. The number of hydrogen-bond donors (Lipinski definition) is 1. The maximum Gasteiger partial charge on any atom is 0.229 e. The van der Waals surface area contributed by atoms with Crippen LogP contribution in [0.5, 0.6) is 0 Å². The van der Waals surface area contributed by atoms with Crippen molar-refractivity contribution in [1.29, 1.82) is 0 Å². The molecule has 3 unspecified atom stereocenters. The fraction of sp³-hybridized carbons (Fsp3) is 0.912. The molecule has 6 aliphatic rings. The first-order valence-corrected chi connectivity index (χ1v) is 16.0. The summed E-state index contributed by atoms with van der Waals surface area (Å²) in [4.78, 5) is 16.6. The van der Waals surface area contributed by atoms with Crippen LogP contribution in [0.25, 0.3) is 0 Å². The van der Waals surface area contributed by atoms with Crippen molar-refractivity contribution in [3.05, 3.63) is 11.6 Å². The molecule has 0 aromatic rings. The van der Waals surface area contributed by atoms with E-state index in [2.05, 4.69) is 59.4 Å². The summed E-state index contributed by atoms with van der Waals surface area (Å²) < 4.78 is 5.63. The summed E-state index contributed by atoms with van der Waals surface area (Å²) in [5, 5.41) is 11.0. The van der Waals surface area contributed by atoms with E-state index < -0.39 is 0 Å². The molecule has 0 spiro atoms. The van der Waals surface area contributed by atoms with Gasteiger partial charge in [-0.2, -0.15) is 0 Å². The van der Waals surface area contributed by atoms with Crippen molar-refractivity contribution in [2.75, 3.05) is 26.3 Å². The lowest BCUT2D eigenvalue weighted by Gasteiger charge is -2.71. The van der Waals surface area contributed by atoms with Crippen LogP contribution in [0, 0.1) is 50.2 Å². The standard InChI is InChI=1S/C34H55NO3/c1-29(2)14-16-34(28(37)35-18-20-38-21-19-35)17-15-32(6)23(24(34)22-29)8-9-26-31(5)12-11-27(36)30(3,4)25(31)10-13-33(26,32)7/h8,24-27,36H,9-22H2,1-7H3/t24?,25?,26?,27-,31-,32+,33+,34-/m0/s1. The fourth-order valence-electron chi connectivity index (χ4n) is 11.7. The molecular weight excluding hydrogens is 470 g/mol. The Bertz CT molecular complexity index is 1010. The lowest BCUT2D eigenvalue weighted by molar-refractivity contribution is -0.205. The number of aliphatic hydroxyl groups is 1. The molecule has 1 aliphatic heterocycles. The molecule has 38 heavy (non-hydrogen) atoms. The van der Waals surface area contributed by atoms with E-state index in [1.54, 1.807) is 5.57 Å². The largest absolute Gasteiger partial charge is 0.393 e. The Morgan fingerprint density at radius 2 is 1.58 bits per heavy atom. The highest BCUT2D eigenvalue weighted by Gasteiger charge is 2.69. The van der Waals surface area contributed by atoms with Crippen molar-refractivity contribution in [2.24, 2.45) is 50.2 Å². The number of amides is 1. The van der Waals surface area contributed by atoms with Gasteiger partial charge < -0.3 is 14.7 Å². The Balaban J connectivity index is 1.41. The molecule has 4 saturated carbocycles. The Kier molecular flexibility index (Phi) is 6.16. The molecule has 0 bridgehead atoms. The minimum Gasteiger partial charge on any atom is -0.393 e. The summed E-state index contributed by atoms with van der Waals surface area (Å²) in [5.74, 6) is 2.03. The Morgan fingerprint density at radius 1 is 0.895 bits per heavy atom. The van der Waals surface area contributed by atoms with E-state index in [0.717, 1.165) is 64.5 Å². The third-order valence-corrected chi connectivity index (χ3v) is 14.3. The van der Waals surface area contributed by atoms with Crippen molar-refractivity contribution < 1.29 is 14.6 Å². The van der Waals surface area contributed by atoms with Crippen LogP contribution in [-0.2, 0) is 9.53 Å². The molecule has 0 radical (unpaired) electrons. The summed E-state index contributed by atoms with van der Waals surface area (Å²) in [6.07, 6.45) is 13.8. The zero-order valence-electron chi connectivity index (χ0n) is 25.5. The lowest BCUT2D eigenvalue weighted by atomic mass is 9.33. The van der Waals surface area contributed by atoms with Gasteiger partial charge in [0.15, 0.2) is 0 Å². The number of morpholine rings is 1. The minimum atomic E-state index is -0.223. The first-order valence-electron chi connectivity index (χ1n) is 16.0. The van der Waals surface area contributed by atoms with Crippen molar-refractivity contribution in [2.45, 2.75) is 119 Å². The molecule has 5 aliphatic carbocycles. The Hall–Kier alpha value is -0.870. The zero-order valence-corrected chi connectivity index (χ0v) is 25.5. The maximum absolute atomic E-state index is 14.4. The monoisotopic (exact) mass is 525 g/mol. The number of carbonyl (C=O) groups excluding carboxylic acids is 1. The van der Waals surface area contributed by atoms with Crippen molar-refractivity contribution >= 4 is 5.91 Å². The first-order chi connectivity index (χ1) is 17.7. The smallest absolute Gasteiger partial charge is 0.229 e. The van der Waals surface area contributed by atoms with E-state index in [1.165, 1.54) is 12.8 Å². The van der Waals surface area contributed by atoms with Gasteiger partial charge in [-0.3, -0.25) is 4.79 Å². The van der Waals surface area contributed by atoms with E-state index in [-0.39, 0.29) is 38.6 Å². The predicted octanol–water partition coefficient (Wildman–Crippen LogP) is 7.01. The van der Waals surface area contributed by atoms with Gasteiger partial charge in [-0.05, 0) is 109 Å². The summed E-state index contributed by atoms with van der Waals surface area (Å²) in [6, 6.07) is 0. The molecular formula is C34H55NO3. The third-order valence-electron chi connectivity index (χ3n) is 14.3. The van der Waals surface area contributed by atoms with Crippen molar-refractivity contribution in [1.82, 2.24) is 4.90 Å². The Labute approximate surface area is 232 Å². The van der Waals surface area contributed by atoms with E-state index in [1.807, 2.05) is 0 Å². The van der Waals surface area contributed by atoms with Crippen LogP contribution in [0.15, 0.2) is 11.6 Å². The number of aliphatic hydroxyl groups excluding tert-OH is 1. The van der Waals surface area contributed by atoms with Crippen LogP contribution in [0.2, 0.25) is 0 Å². The second-order valence-electron chi connectivity index (χ2n) is 16.7. The van der Waals surface area contributed by atoms with Crippen LogP contribution in [0.4, 0.5) is 0 Å². The number of carbonyl (C=O) groups is 1. The number of nitrogens with zero attached hydrogens (tertiary/aromatic N) is 1. The van der Waals surface area contributed by atoms with Gasteiger partial charge in [0.2, 0.25) is 5.91 Å². The summed E-state index contributed by atoms with van der Waals surface area (Å²) in [7, 11) is 0. The van der Waals surface area contributed by atoms with Gasteiger partial charge in [-0.25, -0.2) is 0 Å². The van der Waals surface area contributed by atoms with Crippen LogP contribution in [-0.4, -0.2) is 48.3 Å². The average Bonchev–Trinajstić information content (AvgIpc) is 2.87. The highest BCUT2D eigenvalue weighted by Crippen LogP contribution is 2.75. The molecule has 6 rings (SSSR count). The minimum absolute atomic E-state index is 0.0150. The summed E-state index contributed by atoms with van der Waals surface area (Å²) >= 11 is 0.